The lowest BCUT2D eigenvalue weighted by Gasteiger charge is -2.15. The molecule has 0 aliphatic rings. The molecular weight excluding hydrogens is 423 g/mol. The van der Waals surface area contributed by atoms with Gasteiger partial charge in [-0.3, -0.25) is 4.79 Å². The number of carbonyl (C=O) groups is 1. The van der Waals surface area contributed by atoms with Gasteiger partial charge in [-0.25, -0.2) is 9.37 Å². The Hall–Kier alpha value is -4.13. The predicted octanol–water partition coefficient (Wildman–Crippen LogP) is 5.66. The van der Waals surface area contributed by atoms with Gasteiger partial charge in [0.15, 0.2) is 5.76 Å². The highest BCUT2D eigenvalue weighted by molar-refractivity contribution is 6.00. The molecule has 0 fully saturated rings. The second kappa shape index (κ2) is 9.56. The van der Waals surface area contributed by atoms with E-state index >= 15 is 0 Å². The van der Waals surface area contributed by atoms with Crippen molar-refractivity contribution in [2.45, 2.75) is 13.0 Å². The molecular formula is C26H23FN2O4. The molecule has 1 unspecified atom stereocenters. The number of hydrogen-bond donors (Lipinski definition) is 1. The molecule has 4 rings (SSSR count). The quantitative estimate of drug-likeness (QED) is 0.397. The smallest absolute Gasteiger partial charge is 0.252 e. The van der Waals surface area contributed by atoms with Gasteiger partial charge in [0, 0.05) is 11.6 Å². The summed E-state index contributed by atoms with van der Waals surface area (Å²) in [6.45, 7) is 1.84. The van der Waals surface area contributed by atoms with E-state index in [1.807, 2.05) is 19.1 Å². The molecule has 0 spiro atoms. The van der Waals surface area contributed by atoms with E-state index in [-0.39, 0.29) is 17.8 Å². The molecule has 3 aromatic carbocycles. The fourth-order valence-corrected chi connectivity index (χ4v) is 3.50. The molecule has 0 radical (unpaired) electrons. The van der Waals surface area contributed by atoms with Crippen LogP contribution in [0.3, 0.4) is 0 Å². The minimum Gasteiger partial charge on any atom is -0.497 e. The second-order valence-electron chi connectivity index (χ2n) is 7.39. The first-order valence-electron chi connectivity index (χ1n) is 10.3. The van der Waals surface area contributed by atoms with Crippen LogP contribution in [0.2, 0.25) is 0 Å². The molecule has 1 N–H and O–H groups in total. The number of halogens is 1. The largest absolute Gasteiger partial charge is 0.497 e. The van der Waals surface area contributed by atoms with E-state index in [2.05, 4.69) is 10.3 Å². The lowest BCUT2D eigenvalue weighted by molar-refractivity contribution is 0.0940. The van der Waals surface area contributed by atoms with Gasteiger partial charge < -0.3 is 19.2 Å². The molecule has 33 heavy (non-hydrogen) atoms. The van der Waals surface area contributed by atoms with Crippen LogP contribution in [0.5, 0.6) is 11.5 Å². The minimum absolute atomic E-state index is 0.288. The van der Waals surface area contributed by atoms with Gasteiger partial charge in [-0.15, -0.1) is 0 Å². The summed E-state index contributed by atoms with van der Waals surface area (Å²) < 4.78 is 29.9. The third-order valence-electron chi connectivity index (χ3n) is 5.30. The van der Waals surface area contributed by atoms with Crippen molar-refractivity contribution in [1.29, 1.82) is 0 Å². The fourth-order valence-electron chi connectivity index (χ4n) is 3.50. The molecule has 6 nitrogen and oxygen atoms in total. The molecule has 0 saturated carbocycles. The van der Waals surface area contributed by atoms with Gasteiger partial charge in [-0.1, -0.05) is 24.3 Å². The summed E-state index contributed by atoms with van der Waals surface area (Å²) in [5, 5.41) is 2.95. The van der Waals surface area contributed by atoms with Gasteiger partial charge in [0.1, 0.15) is 17.3 Å². The van der Waals surface area contributed by atoms with E-state index in [0.29, 0.717) is 39.8 Å². The van der Waals surface area contributed by atoms with Crippen molar-refractivity contribution in [3.8, 4) is 34.3 Å². The molecule has 0 aliphatic heterocycles. The fraction of sp³-hybridized carbons (Fsp3) is 0.154. The molecule has 0 bridgehead atoms. The third-order valence-corrected chi connectivity index (χ3v) is 5.30. The van der Waals surface area contributed by atoms with E-state index in [1.54, 1.807) is 62.9 Å². The average Bonchev–Trinajstić information content (AvgIpc) is 3.34. The maximum atomic E-state index is 13.2. The van der Waals surface area contributed by atoms with Crippen LogP contribution in [-0.2, 0) is 0 Å². The summed E-state index contributed by atoms with van der Waals surface area (Å²) in [6.07, 6.45) is 1.59. The van der Waals surface area contributed by atoms with Gasteiger partial charge in [0.25, 0.3) is 5.91 Å². The second-order valence-corrected chi connectivity index (χ2v) is 7.39. The van der Waals surface area contributed by atoms with E-state index in [0.717, 1.165) is 5.56 Å². The number of aromatic nitrogens is 1. The number of carbonyl (C=O) groups excluding carboxylic acids is 1. The van der Waals surface area contributed by atoms with Crippen molar-refractivity contribution < 1.29 is 23.1 Å². The SMILES string of the molecule is COc1ccc(-c2cnc(-c3ccccc3C(=O)NC(C)c3ccc(F)cc3)o2)c(OC)c1. The Kier molecular flexibility index (Phi) is 6.40. The Labute approximate surface area is 191 Å². The van der Waals surface area contributed by atoms with E-state index in [4.69, 9.17) is 13.9 Å². The Morgan fingerprint density at radius 1 is 1.00 bits per heavy atom. The first-order valence-corrected chi connectivity index (χ1v) is 10.3. The van der Waals surface area contributed by atoms with Crippen molar-refractivity contribution in [3.05, 3.63) is 89.9 Å². The molecule has 1 aromatic heterocycles. The number of rotatable bonds is 7. The van der Waals surface area contributed by atoms with Crippen LogP contribution in [-0.4, -0.2) is 25.1 Å². The summed E-state index contributed by atoms with van der Waals surface area (Å²) in [4.78, 5) is 17.4. The first kappa shape index (κ1) is 22.1. The van der Waals surface area contributed by atoms with Gasteiger partial charge in [-0.05, 0) is 48.9 Å². The monoisotopic (exact) mass is 446 g/mol. The van der Waals surface area contributed by atoms with E-state index in [1.165, 1.54) is 12.1 Å². The molecule has 1 atom stereocenters. The van der Waals surface area contributed by atoms with Crippen LogP contribution in [0.15, 0.2) is 77.3 Å². The highest BCUT2D eigenvalue weighted by atomic mass is 19.1. The summed E-state index contributed by atoms with van der Waals surface area (Å²) in [5.74, 6) is 1.44. The van der Waals surface area contributed by atoms with Crippen LogP contribution in [0.1, 0.15) is 28.9 Å². The van der Waals surface area contributed by atoms with Gasteiger partial charge in [0.2, 0.25) is 5.89 Å². The number of nitrogens with zero attached hydrogens (tertiary/aromatic N) is 1. The lowest BCUT2D eigenvalue weighted by atomic mass is 10.0. The van der Waals surface area contributed by atoms with Crippen LogP contribution in [0, 0.1) is 5.82 Å². The number of ether oxygens (including phenoxy) is 2. The topological polar surface area (TPSA) is 73.6 Å². The Balaban J connectivity index is 1.61. The predicted molar refractivity (Wildman–Crippen MR) is 123 cm³/mol. The Morgan fingerprint density at radius 2 is 1.76 bits per heavy atom. The van der Waals surface area contributed by atoms with Crippen molar-refractivity contribution >= 4 is 5.91 Å². The molecule has 4 aromatic rings. The summed E-state index contributed by atoms with van der Waals surface area (Å²) >= 11 is 0. The normalized spacial score (nSPS) is 11.6. The van der Waals surface area contributed by atoms with E-state index in [9.17, 15) is 9.18 Å². The molecule has 7 heteroatoms. The van der Waals surface area contributed by atoms with Gasteiger partial charge in [0.05, 0.1) is 37.6 Å². The molecule has 0 aliphatic carbocycles. The van der Waals surface area contributed by atoms with E-state index < -0.39 is 0 Å². The number of nitrogens with one attached hydrogen (secondary N) is 1. The highest BCUT2D eigenvalue weighted by Crippen LogP contribution is 2.35. The standard InChI is InChI=1S/C26H23FN2O4/c1-16(17-8-10-18(27)11-9-17)29-25(30)20-6-4-5-7-21(20)26-28-15-24(33-26)22-13-12-19(31-2)14-23(22)32-3/h4-16H,1-3H3,(H,29,30). The zero-order valence-corrected chi connectivity index (χ0v) is 18.5. The zero-order valence-electron chi connectivity index (χ0n) is 18.5. The van der Waals surface area contributed by atoms with Crippen molar-refractivity contribution in [3.63, 3.8) is 0 Å². The third kappa shape index (κ3) is 4.72. The van der Waals surface area contributed by atoms with Gasteiger partial charge in [-0.2, -0.15) is 0 Å². The molecule has 1 heterocycles. The molecule has 0 saturated heterocycles. The number of amides is 1. The van der Waals surface area contributed by atoms with Crippen LogP contribution >= 0.6 is 0 Å². The van der Waals surface area contributed by atoms with Crippen molar-refractivity contribution in [2.24, 2.45) is 0 Å². The van der Waals surface area contributed by atoms with Crippen LogP contribution < -0.4 is 14.8 Å². The summed E-state index contributed by atoms with van der Waals surface area (Å²) in [5.41, 5.74) is 2.48. The van der Waals surface area contributed by atoms with Crippen LogP contribution in [0.4, 0.5) is 4.39 Å². The maximum absolute atomic E-state index is 13.2. The number of methoxy groups -OCH3 is 2. The first-order chi connectivity index (χ1) is 16.0. The number of hydrogen-bond acceptors (Lipinski definition) is 5. The molecule has 168 valence electrons. The average molecular weight is 446 g/mol. The number of oxazole rings is 1. The molecule has 1 amide bonds. The number of benzene rings is 3. The maximum Gasteiger partial charge on any atom is 0.252 e. The summed E-state index contributed by atoms with van der Waals surface area (Å²) in [7, 11) is 3.15. The highest BCUT2D eigenvalue weighted by Gasteiger charge is 2.20. The van der Waals surface area contributed by atoms with Crippen LogP contribution in [0.25, 0.3) is 22.8 Å². The van der Waals surface area contributed by atoms with Crippen molar-refractivity contribution in [1.82, 2.24) is 10.3 Å². The minimum atomic E-state index is -0.323. The van der Waals surface area contributed by atoms with Gasteiger partial charge >= 0.3 is 0 Å². The Morgan fingerprint density at radius 3 is 2.48 bits per heavy atom. The zero-order chi connectivity index (χ0) is 23.4. The summed E-state index contributed by atoms with van der Waals surface area (Å²) in [6, 6.07) is 18.2. The lowest BCUT2D eigenvalue weighted by Crippen LogP contribution is -2.27. The van der Waals surface area contributed by atoms with Crippen molar-refractivity contribution in [2.75, 3.05) is 14.2 Å². The Bertz CT molecular complexity index is 1270.